The van der Waals surface area contributed by atoms with Gasteiger partial charge in [0, 0.05) is 49.7 Å². The number of hydroxylamine groups is 2. The molecule has 0 aromatic rings. The zero-order valence-electron chi connectivity index (χ0n) is 33.8. The number of alkyl halides is 2. The molecule has 310 valence electrons. The van der Waals surface area contributed by atoms with Crippen LogP contribution in [-0.2, 0) is 47.9 Å². The van der Waals surface area contributed by atoms with Crippen LogP contribution in [0.4, 0.5) is 0 Å². The number of carbonyl (C=O) groups is 8. The van der Waals surface area contributed by atoms with Crippen molar-refractivity contribution in [3.05, 3.63) is 0 Å². The van der Waals surface area contributed by atoms with E-state index in [0.717, 1.165) is 0 Å². The number of ether oxygens (including phenoxy) is 1. The van der Waals surface area contributed by atoms with E-state index in [1.165, 1.54) is 27.9 Å². The third kappa shape index (κ3) is 14.8. The van der Waals surface area contributed by atoms with Crippen LogP contribution in [0.5, 0.6) is 0 Å². The Labute approximate surface area is 335 Å². The van der Waals surface area contributed by atoms with Gasteiger partial charge in [0.15, 0.2) is 0 Å². The van der Waals surface area contributed by atoms with E-state index in [1.807, 2.05) is 0 Å². The molecule has 0 aromatic carbocycles. The lowest BCUT2D eigenvalue weighted by atomic mass is 9.69. The van der Waals surface area contributed by atoms with Crippen LogP contribution >= 0.6 is 31.9 Å². The van der Waals surface area contributed by atoms with Crippen LogP contribution in [0.25, 0.3) is 0 Å². The van der Waals surface area contributed by atoms with Gasteiger partial charge in [0.25, 0.3) is 11.8 Å². The maximum absolute atomic E-state index is 13.2. The summed E-state index contributed by atoms with van der Waals surface area (Å²) in [7, 11) is 3.00. The predicted molar refractivity (Wildman–Crippen MR) is 206 cm³/mol. The maximum Gasteiger partial charge on any atom is 0.339 e. The maximum atomic E-state index is 13.2. The average molecular weight is 901 g/mol. The zero-order valence-corrected chi connectivity index (χ0v) is 37.0. The Morgan fingerprint density at radius 2 is 1.07 bits per heavy atom. The highest BCUT2D eigenvalue weighted by Gasteiger charge is 2.51. The van der Waals surface area contributed by atoms with Crippen LogP contribution in [0.15, 0.2) is 0 Å². The molecule has 0 aliphatic carbocycles. The summed E-state index contributed by atoms with van der Waals surface area (Å²) < 4.78 is 2.85. The summed E-state index contributed by atoms with van der Waals surface area (Å²) in [6.45, 7) is 17.9. The molecule has 4 atom stereocenters. The number of halogens is 2. The highest BCUT2D eigenvalue weighted by atomic mass is 79.9. The van der Waals surface area contributed by atoms with Gasteiger partial charge in [-0.2, -0.15) is 0 Å². The van der Waals surface area contributed by atoms with Gasteiger partial charge < -0.3 is 35.7 Å². The Morgan fingerprint density at radius 3 is 1.44 bits per heavy atom. The first-order valence-electron chi connectivity index (χ1n) is 17.4. The van der Waals surface area contributed by atoms with Crippen molar-refractivity contribution in [2.75, 3.05) is 27.2 Å². The Balaban J connectivity index is 0.00000109. The highest BCUT2D eigenvalue weighted by Crippen LogP contribution is 2.45. The molecule has 1 aliphatic heterocycles. The van der Waals surface area contributed by atoms with Crippen molar-refractivity contribution in [3.63, 3.8) is 0 Å². The minimum Gasteiger partial charge on any atom is -0.480 e. The van der Waals surface area contributed by atoms with Crippen molar-refractivity contribution in [3.8, 4) is 0 Å². The van der Waals surface area contributed by atoms with E-state index < -0.39 is 71.5 Å². The Hall–Kier alpha value is -3.12. The van der Waals surface area contributed by atoms with Crippen LogP contribution < -0.4 is 16.0 Å². The molecule has 54 heavy (non-hydrogen) atoms. The van der Waals surface area contributed by atoms with Gasteiger partial charge in [-0.1, -0.05) is 66.5 Å². The summed E-state index contributed by atoms with van der Waals surface area (Å²) in [5.41, 5.74) is -5.16. The number of aliphatic carboxylic acids is 1. The molecule has 5 N–H and O–H groups in total. The Bertz CT molecular complexity index is 1420. The number of aliphatic hydroxyl groups excluding tert-OH is 1. The quantitative estimate of drug-likeness (QED) is 0.0802. The van der Waals surface area contributed by atoms with Gasteiger partial charge >= 0.3 is 17.9 Å². The molecule has 1 saturated heterocycles. The van der Waals surface area contributed by atoms with Crippen molar-refractivity contribution in [2.45, 2.75) is 129 Å². The number of hydrogen-bond donors (Lipinski definition) is 5. The standard InChI is InChI=1S/C21H33BrN2O7.C15H27BrN2O5/c1-18(2,3)30-17(29)21(7,22)12-20(6,11-19(4,5)15(27)23-8)16(28)31-24-13(25)9-10-14(24)26;1-13(2,10(20)17-5)8-14(3,11(21)18-6-7-19)9-15(4,16)12(22)23/h9-12H2,1-8H3,(H,23,27);19H,6-9H2,1-5H3,(H,17,20)(H,18,21)(H,22,23). The lowest BCUT2D eigenvalue weighted by molar-refractivity contribution is -0.206. The molecule has 18 heteroatoms. The van der Waals surface area contributed by atoms with Crippen LogP contribution in [0, 0.1) is 21.7 Å². The number of rotatable bonds is 17. The van der Waals surface area contributed by atoms with Crippen LogP contribution in [0.1, 0.15) is 115 Å². The minimum atomic E-state index is -1.42. The van der Waals surface area contributed by atoms with Crippen molar-refractivity contribution < 1.29 is 58.1 Å². The van der Waals surface area contributed by atoms with Crippen molar-refractivity contribution >= 4 is 79.3 Å². The lowest BCUT2D eigenvalue weighted by Gasteiger charge is -2.39. The number of carboxylic acids is 1. The molecular weight excluding hydrogens is 840 g/mol. The van der Waals surface area contributed by atoms with Gasteiger partial charge in [0.05, 0.1) is 12.0 Å². The normalized spacial score (nSPS) is 18.0. The van der Waals surface area contributed by atoms with E-state index in [-0.39, 0.29) is 63.5 Å². The number of nitrogens with zero attached hydrogens (tertiary/aromatic N) is 1. The number of carbonyl (C=O) groups excluding carboxylic acids is 7. The Morgan fingerprint density at radius 1 is 0.667 bits per heavy atom. The fraction of sp³-hybridized carbons (Fsp3) is 0.778. The Kier molecular flexibility index (Phi) is 18.0. The van der Waals surface area contributed by atoms with E-state index in [9.17, 15) is 43.5 Å². The summed E-state index contributed by atoms with van der Waals surface area (Å²) in [6.07, 6.45) is -0.0528. The third-order valence-corrected chi connectivity index (χ3v) is 9.90. The second-order valence-electron chi connectivity index (χ2n) is 16.9. The van der Waals surface area contributed by atoms with Gasteiger partial charge in [0.2, 0.25) is 17.7 Å². The van der Waals surface area contributed by atoms with Gasteiger partial charge in [-0.15, -0.1) is 5.06 Å². The first-order chi connectivity index (χ1) is 24.2. The fourth-order valence-corrected chi connectivity index (χ4v) is 7.77. The van der Waals surface area contributed by atoms with Gasteiger partial charge in [-0.05, 0) is 67.2 Å². The second kappa shape index (κ2) is 19.2. The summed E-state index contributed by atoms with van der Waals surface area (Å²) in [5, 5.41) is 26.4. The molecular formula is C36H60Br2N4O12. The molecule has 0 bridgehead atoms. The molecule has 0 spiro atoms. The number of nitrogens with one attached hydrogen (secondary N) is 3. The molecule has 0 saturated carbocycles. The van der Waals surface area contributed by atoms with Crippen LogP contribution in [0.2, 0.25) is 0 Å². The minimum absolute atomic E-state index is 0.00693. The lowest BCUT2D eigenvalue weighted by Crippen LogP contribution is -2.49. The molecule has 1 heterocycles. The van der Waals surface area contributed by atoms with E-state index in [2.05, 4.69) is 47.8 Å². The van der Waals surface area contributed by atoms with E-state index in [4.69, 9.17) is 14.7 Å². The topological polar surface area (TPSA) is 235 Å². The number of amides is 5. The number of aliphatic hydroxyl groups is 1. The molecule has 4 unspecified atom stereocenters. The first-order valence-corrected chi connectivity index (χ1v) is 19.0. The van der Waals surface area contributed by atoms with E-state index >= 15 is 0 Å². The SMILES string of the molecule is CNC(=O)C(C)(C)CC(C)(CC(C)(Br)C(=O)O)C(=O)NCCO.CNC(=O)C(C)(C)CC(C)(CC(C)(Br)C(=O)OC(C)(C)C)C(=O)ON1C(=O)CCC1=O. The molecule has 1 fully saturated rings. The average Bonchev–Trinajstić information content (AvgIpc) is 3.32. The van der Waals surface area contributed by atoms with Gasteiger partial charge in [0.1, 0.15) is 14.2 Å². The smallest absolute Gasteiger partial charge is 0.339 e. The fourth-order valence-electron chi connectivity index (χ4n) is 6.45. The number of carboxylic acid groups (broad SMARTS) is 1. The van der Waals surface area contributed by atoms with E-state index in [1.54, 1.807) is 62.3 Å². The van der Waals surface area contributed by atoms with Crippen LogP contribution in [-0.4, -0.2) is 104 Å². The number of esters is 1. The summed E-state index contributed by atoms with van der Waals surface area (Å²) in [4.78, 5) is 103. The number of hydrogen-bond acceptors (Lipinski definition) is 11. The third-order valence-electron chi connectivity index (χ3n) is 8.68. The molecule has 0 aromatic heterocycles. The zero-order chi connectivity index (χ0) is 42.9. The highest BCUT2D eigenvalue weighted by molar-refractivity contribution is 9.10. The summed E-state index contributed by atoms with van der Waals surface area (Å²) >= 11 is 6.52. The van der Waals surface area contributed by atoms with Crippen molar-refractivity contribution in [1.29, 1.82) is 0 Å². The molecule has 1 aliphatic rings. The van der Waals surface area contributed by atoms with Crippen molar-refractivity contribution in [1.82, 2.24) is 21.0 Å². The second-order valence-corrected chi connectivity index (χ2v) is 20.4. The van der Waals surface area contributed by atoms with Gasteiger partial charge in [-0.3, -0.25) is 33.6 Å². The summed E-state index contributed by atoms with van der Waals surface area (Å²) in [6, 6.07) is 0. The predicted octanol–water partition coefficient (Wildman–Crippen LogP) is 3.54. The molecule has 0 radical (unpaired) electrons. The van der Waals surface area contributed by atoms with Crippen LogP contribution in [0.3, 0.4) is 0 Å². The number of imide groups is 1. The monoisotopic (exact) mass is 898 g/mol. The molecule has 1 rings (SSSR count). The summed E-state index contributed by atoms with van der Waals surface area (Å²) in [5.74, 6) is -4.72. The molecule has 5 amide bonds. The van der Waals surface area contributed by atoms with Crippen molar-refractivity contribution in [2.24, 2.45) is 21.7 Å². The largest absolute Gasteiger partial charge is 0.480 e. The molecule has 16 nitrogen and oxygen atoms in total. The first kappa shape index (κ1) is 50.9. The van der Waals surface area contributed by atoms with Gasteiger partial charge in [-0.25, -0.2) is 4.79 Å². The van der Waals surface area contributed by atoms with E-state index in [0.29, 0.717) is 5.06 Å².